The summed E-state index contributed by atoms with van der Waals surface area (Å²) in [6, 6.07) is 0.690. The Bertz CT molecular complexity index is 204. The fourth-order valence-corrected chi connectivity index (χ4v) is 2.02. The topological polar surface area (TPSA) is 32.3 Å². The van der Waals surface area contributed by atoms with Crippen molar-refractivity contribution in [1.29, 1.82) is 0 Å². The van der Waals surface area contributed by atoms with Crippen LogP contribution in [0.15, 0.2) is 0 Å². The molecular formula is C12H24N2O. The number of nitrogens with one attached hydrogen (secondary N) is 1. The highest BCUT2D eigenvalue weighted by molar-refractivity contribution is 5.77. The SMILES string of the molecule is CC(C)C(=O)NCCN1CCCCC1C. The van der Waals surface area contributed by atoms with Gasteiger partial charge in [0, 0.05) is 25.0 Å². The van der Waals surface area contributed by atoms with Gasteiger partial charge in [0.1, 0.15) is 0 Å². The third-order valence-electron chi connectivity index (χ3n) is 3.16. The number of carbonyl (C=O) groups excluding carboxylic acids is 1. The molecule has 1 rings (SSSR count). The smallest absolute Gasteiger partial charge is 0.222 e. The second-order valence-corrected chi connectivity index (χ2v) is 4.83. The van der Waals surface area contributed by atoms with Crippen LogP contribution >= 0.6 is 0 Å². The zero-order valence-electron chi connectivity index (χ0n) is 10.3. The fourth-order valence-electron chi connectivity index (χ4n) is 2.02. The van der Waals surface area contributed by atoms with E-state index in [2.05, 4.69) is 17.1 Å². The van der Waals surface area contributed by atoms with Crippen molar-refractivity contribution < 1.29 is 4.79 Å². The summed E-state index contributed by atoms with van der Waals surface area (Å²) < 4.78 is 0. The Hall–Kier alpha value is -0.570. The van der Waals surface area contributed by atoms with E-state index < -0.39 is 0 Å². The Morgan fingerprint density at radius 1 is 1.47 bits per heavy atom. The van der Waals surface area contributed by atoms with E-state index in [0.29, 0.717) is 6.04 Å². The minimum atomic E-state index is 0.101. The van der Waals surface area contributed by atoms with E-state index in [1.807, 2.05) is 13.8 Å². The second-order valence-electron chi connectivity index (χ2n) is 4.83. The Kier molecular flexibility index (Phi) is 5.09. The van der Waals surface area contributed by atoms with Gasteiger partial charge < -0.3 is 5.32 Å². The van der Waals surface area contributed by atoms with Crippen molar-refractivity contribution in [2.45, 2.75) is 46.1 Å². The third kappa shape index (κ3) is 4.20. The Morgan fingerprint density at radius 3 is 2.80 bits per heavy atom. The summed E-state index contributed by atoms with van der Waals surface area (Å²) in [7, 11) is 0. The second kappa shape index (κ2) is 6.11. The van der Waals surface area contributed by atoms with Crippen LogP contribution in [-0.4, -0.2) is 36.5 Å². The van der Waals surface area contributed by atoms with E-state index >= 15 is 0 Å². The van der Waals surface area contributed by atoms with Crippen molar-refractivity contribution in [2.24, 2.45) is 5.92 Å². The van der Waals surface area contributed by atoms with Gasteiger partial charge in [-0.2, -0.15) is 0 Å². The molecule has 1 amide bonds. The fraction of sp³-hybridized carbons (Fsp3) is 0.917. The Balaban J connectivity index is 2.16. The first-order chi connectivity index (χ1) is 7.11. The highest BCUT2D eigenvalue weighted by Crippen LogP contribution is 2.15. The summed E-state index contributed by atoms with van der Waals surface area (Å²) >= 11 is 0. The number of hydrogen-bond acceptors (Lipinski definition) is 2. The molecule has 1 heterocycles. The first-order valence-corrected chi connectivity index (χ1v) is 6.13. The van der Waals surface area contributed by atoms with Crippen LogP contribution in [0.2, 0.25) is 0 Å². The number of piperidine rings is 1. The molecule has 3 nitrogen and oxygen atoms in total. The minimum Gasteiger partial charge on any atom is -0.355 e. The van der Waals surface area contributed by atoms with Crippen molar-refractivity contribution in [2.75, 3.05) is 19.6 Å². The molecule has 0 saturated carbocycles. The van der Waals surface area contributed by atoms with Crippen molar-refractivity contribution >= 4 is 5.91 Å². The van der Waals surface area contributed by atoms with Crippen LogP contribution in [0.3, 0.4) is 0 Å². The molecule has 0 aromatic rings. The minimum absolute atomic E-state index is 0.101. The zero-order chi connectivity index (χ0) is 11.3. The van der Waals surface area contributed by atoms with Gasteiger partial charge in [-0.1, -0.05) is 20.3 Å². The number of likely N-dealkylation sites (tertiary alicyclic amines) is 1. The van der Waals surface area contributed by atoms with E-state index in [1.165, 1.54) is 25.8 Å². The molecule has 1 aliphatic rings. The van der Waals surface area contributed by atoms with Crippen LogP contribution in [-0.2, 0) is 4.79 Å². The van der Waals surface area contributed by atoms with Crippen LogP contribution in [0.4, 0.5) is 0 Å². The quantitative estimate of drug-likeness (QED) is 0.768. The monoisotopic (exact) mass is 212 g/mol. The molecule has 1 atom stereocenters. The molecule has 1 fully saturated rings. The third-order valence-corrected chi connectivity index (χ3v) is 3.16. The van der Waals surface area contributed by atoms with Gasteiger partial charge in [0.15, 0.2) is 0 Å². The van der Waals surface area contributed by atoms with Crippen molar-refractivity contribution in [1.82, 2.24) is 10.2 Å². The predicted molar refractivity (Wildman–Crippen MR) is 62.7 cm³/mol. The standard InChI is InChI=1S/C12H24N2O/c1-10(2)12(15)13-7-9-14-8-5-4-6-11(14)3/h10-11H,4-9H2,1-3H3,(H,13,15). The first-order valence-electron chi connectivity index (χ1n) is 6.13. The summed E-state index contributed by atoms with van der Waals surface area (Å²) in [4.78, 5) is 13.8. The molecular weight excluding hydrogens is 188 g/mol. The van der Waals surface area contributed by atoms with Gasteiger partial charge in [-0.3, -0.25) is 9.69 Å². The molecule has 0 aromatic carbocycles. The molecule has 1 saturated heterocycles. The predicted octanol–water partition coefficient (Wildman–Crippen LogP) is 1.63. The van der Waals surface area contributed by atoms with Crippen molar-refractivity contribution in [3.63, 3.8) is 0 Å². The van der Waals surface area contributed by atoms with Crippen LogP contribution in [0.5, 0.6) is 0 Å². The lowest BCUT2D eigenvalue weighted by molar-refractivity contribution is -0.124. The maximum Gasteiger partial charge on any atom is 0.222 e. The largest absolute Gasteiger partial charge is 0.355 e. The highest BCUT2D eigenvalue weighted by atomic mass is 16.1. The van der Waals surface area contributed by atoms with E-state index in [1.54, 1.807) is 0 Å². The van der Waals surface area contributed by atoms with Gasteiger partial charge >= 0.3 is 0 Å². The van der Waals surface area contributed by atoms with Crippen LogP contribution in [0.25, 0.3) is 0 Å². The molecule has 15 heavy (non-hydrogen) atoms. The lowest BCUT2D eigenvalue weighted by Crippen LogP contribution is -2.43. The summed E-state index contributed by atoms with van der Waals surface area (Å²) in [5, 5.41) is 2.97. The van der Waals surface area contributed by atoms with Crippen molar-refractivity contribution in [3.8, 4) is 0 Å². The van der Waals surface area contributed by atoms with Crippen LogP contribution in [0.1, 0.15) is 40.0 Å². The zero-order valence-corrected chi connectivity index (χ0v) is 10.3. The van der Waals surface area contributed by atoms with Gasteiger partial charge in [-0.25, -0.2) is 0 Å². The summed E-state index contributed by atoms with van der Waals surface area (Å²) in [6.45, 7) is 9.13. The van der Waals surface area contributed by atoms with Gasteiger partial charge in [0.05, 0.1) is 0 Å². The van der Waals surface area contributed by atoms with Gasteiger partial charge in [-0.05, 0) is 26.3 Å². The molecule has 1 unspecified atom stereocenters. The molecule has 0 radical (unpaired) electrons. The maximum atomic E-state index is 11.3. The molecule has 0 aromatic heterocycles. The summed E-state index contributed by atoms with van der Waals surface area (Å²) in [5.74, 6) is 0.267. The van der Waals surface area contributed by atoms with E-state index in [9.17, 15) is 4.79 Å². The normalized spacial score (nSPS) is 23.1. The molecule has 3 heteroatoms. The number of carbonyl (C=O) groups is 1. The highest BCUT2D eigenvalue weighted by Gasteiger charge is 2.17. The number of hydrogen-bond donors (Lipinski definition) is 1. The lowest BCUT2D eigenvalue weighted by Gasteiger charge is -2.33. The van der Waals surface area contributed by atoms with Gasteiger partial charge in [0.2, 0.25) is 5.91 Å². The maximum absolute atomic E-state index is 11.3. The average molecular weight is 212 g/mol. The van der Waals surface area contributed by atoms with Gasteiger partial charge in [-0.15, -0.1) is 0 Å². The number of rotatable bonds is 4. The van der Waals surface area contributed by atoms with Crippen molar-refractivity contribution in [3.05, 3.63) is 0 Å². The Labute approximate surface area is 93.2 Å². The van der Waals surface area contributed by atoms with E-state index in [-0.39, 0.29) is 11.8 Å². The van der Waals surface area contributed by atoms with Gasteiger partial charge in [0.25, 0.3) is 0 Å². The summed E-state index contributed by atoms with van der Waals surface area (Å²) in [6.07, 6.45) is 3.97. The molecule has 88 valence electrons. The van der Waals surface area contributed by atoms with E-state index in [0.717, 1.165) is 13.1 Å². The number of amides is 1. The lowest BCUT2D eigenvalue weighted by atomic mass is 10.0. The van der Waals surface area contributed by atoms with E-state index in [4.69, 9.17) is 0 Å². The molecule has 0 bridgehead atoms. The summed E-state index contributed by atoms with van der Waals surface area (Å²) in [5.41, 5.74) is 0. The first kappa shape index (κ1) is 12.5. The Morgan fingerprint density at radius 2 is 2.20 bits per heavy atom. The average Bonchev–Trinajstić information content (AvgIpc) is 2.20. The molecule has 0 spiro atoms. The molecule has 1 N–H and O–H groups in total. The number of nitrogens with zero attached hydrogens (tertiary/aromatic N) is 1. The molecule has 0 aliphatic carbocycles. The molecule has 1 aliphatic heterocycles. The van der Waals surface area contributed by atoms with Crippen LogP contribution < -0.4 is 5.32 Å². The van der Waals surface area contributed by atoms with Crippen LogP contribution in [0, 0.1) is 5.92 Å².